The highest BCUT2D eigenvalue weighted by molar-refractivity contribution is 9.11. The minimum atomic E-state index is -0.0796. The Kier molecular flexibility index (Phi) is 3.68. The highest BCUT2D eigenvalue weighted by atomic mass is 79.9. The smallest absolute Gasteiger partial charge is 0.322 e. The molecule has 0 radical (unpaired) electrons. The number of amides is 2. The Balaban J connectivity index is 2.09. The second-order valence-corrected chi connectivity index (χ2v) is 4.73. The van der Waals surface area contributed by atoms with E-state index in [0.717, 1.165) is 15.8 Å². The molecule has 0 unspecified atom stereocenters. The van der Waals surface area contributed by atoms with E-state index < -0.39 is 0 Å². The second kappa shape index (κ2) is 5.23. The molecule has 0 fully saturated rings. The molecule has 4 nitrogen and oxygen atoms in total. The van der Waals surface area contributed by atoms with Gasteiger partial charge in [-0.05, 0) is 17.7 Å². The molecular weight excluding hydrogens is 284 g/mol. The molecule has 1 aromatic carbocycles. The number of methoxy groups -OCH3 is 1. The van der Waals surface area contributed by atoms with Crippen LogP contribution in [0.25, 0.3) is 0 Å². The van der Waals surface area contributed by atoms with E-state index in [4.69, 9.17) is 4.74 Å². The van der Waals surface area contributed by atoms with Crippen molar-refractivity contribution < 1.29 is 9.53 Å². The van der Waals surface area contributed by atoms with E-state index in [1.807, 2.05) is 30.5 Å². The first-order valence-electron chi connectivity index (χ1n) is 5.22. The number of carbonyl (C=O) groups excluding carboxylic acids is 1. The molecule has 0 aliphatic carbocycles. The number of hydrogen-bond acceptors (Lipinski definition) is 2. The molecule has 5 heteroatoms. The molecule has 90 valence electrons. The lowest BCUT2D eigenvalue weighted by atomic mass is 10.2. The highest BCUT2D eigenvalue weighted by Crippen LogP contribution is 2.16. The summed E-state index contributed by atoms with van der Waals surface area (Å²) in [4.78, 5) is 13.2. The van der Waals surface area contributed by atoms with E-state index in [1.165, 1.54) is 0 Å². The van der Waals surface area contributed by atoms with Crippen LogP contribution in [0.2, 0.25) is 0 Å². The van der Waals surface area contributed by atoms with Gasteiger partial charge in [-0.15, -0.1) is 0 Å². The van der Waals surface area contributed by atoms with Gasteiger partial charge in [-0.2, -0.15) is 0 Å². The summed E-state index contributed by atoms with van der Waals surface area (Å²) in [6, 6.07) is 7.58. The Labute approximate surface area is 108 Å². The maximum atomic E-state index is 11.6. The molecule has 0 saturated carbocycles. The zero-order chi connectivity index (χ0) is 12.3. The molecule has 0 atom stereocenters. The van der Waals surface area contributed by atoms with Crippen molar-refractivity contribution in [2.24, 2.45) is 0 Å². The molecule has 1 aromatic rings. The fourth-order valence-corrected chi connectivity index (χ4v) is 1.97. The lowest BCUT2D eigenvalue weighted by Crippen LogP contribution is -2.40. The molecule has 2 amide bonds. The maximum Gasteiger partial charge on any atom is 0.322 e. The Morgan fingerprint density at radius 3 is 2.76 bits per heavy atom. The minimum absolute atomic E-state index is 0.0796. The van der Waals surface area contributed by atoms with Gasteiger partial charge in [0.25, 0.3) is 0 Å². The third-order valence-corrected chi connectivity index (χ3v) is 2.96. The van der Waals surface area contributed by atoms with Crippen molar-refractivity contribution in [2.75, 3.05) is 13.7 Å². The van der Waals surface area contributed by atoms with Gasteiger partial charge in [0, 0.05) is 10.7 Å². The number of nitrogens with zero attached hydrogens (tertiary/aromatic N) is 1. The van der Waals surface area contributed by atoms with Crippen molar-refractivity contribution in [3.05, 3.63) is 40.5 Å². The maximum absolute atomic E-state index is 11.6. The number of urea groups is 1. The molecule has 0 bridgehead atoms. The largest absolute Gasteiger partial charge is 0.497 e. The molecule has 1 aliphatic rings. The van der Waals surface area contributed by atoms with Gasteiger partial charge in [-0.1, -0.05) is 28.1 Å². The normalized spacial score (nSPS) is 15.3. The van der Waals surface area contributed by atoms with E-state index in [0.29, 0.717) is 13.1 Å². The number of rotatable bonds is 3. The number of benzene rings is 1. The van der Waals surface area contributed by atoms with Gasteiger partial charge in [0.2, 0.25) is 0 Å². The molecule has 1 aliphatic heterocycles. The SMILES string of the molecule is COc1ccc(CN2C=C(Br)CNC2=O)cc1. The van der Waals surface area contributed by atoms with Crippen LogP contribution in [0.5, 0.6) is 5.75 Å². The van der Waals surface area contributed by atoms with E-state index in [9.17, 15) is 4.79 Å². The first-order valence-corrected chi connectivity index (χ1v) is 6.02. The van der Waals surface area contributed by atoms with Crippen LogP contribution in [-0.2, 0) is 6.54 Å². The molecule has 17 heavy (non-hydrogen) atoms. The monoisotopic (exact) mass is 296 g/mol. The van der Waals surface area contributed by atoms with E-state index in [1.54, 1.807) is 12.0 Å². The van der Waals surface area contributed by atoms with Crippen LogP contribution < -0.4 is 10.1 Å². The summed E-state index contributed by atoms with van der Waals surface area (Å²) in [6.45, 7) is 1.10. The van der Waals surface area contributed by atoms with E-state index >= 15 is 0 Å². The van der Waals surface area contributed by atoms with Crippen molar-refractivity contribution >= 4 is 22.0 Å². The van der Waals surface area contributed by atoms with Crippen molar-refractivity contribution in [3.8, 4) is 5.75 Å². The number of ether oxygens (including phenoxy) is 1. The van der Waals surface area contributed by atoms with Crippen molar-refractivity contribution in [2.45, 2.75) is 6.54 Å². The molecule has 0 saturated heterocycles. The van der Waals surface area contributed by atoms with Crippen LogP contribution in [0.15, 0.2) is 34.9 Å². The van der Waals surface area contributed by atoms with Gasteiger partial charge in [0.15, 0.2) is 0 Å². The average molecular weight is 297 g/mol. The minimum Gasteiger partial charge on any atom is -0.497 e. The van der Waals surface area contributed by atoms with Crippen LogP contribution in [0.4, 0.5) is 4.79 Å². The van der Waals surface area contributed by atoms with Crippen LogP contribution in [0.1, 0.15) is 5.56 Å². The fraction of sp³-hybridized carbons (Fsp3) is 0.250. The Morgan fingerprint density at radius 2 is 2.12 bits per heavy atom. The van der Waals surface area contributed by atoms with Gasteiger partial charge < -0.3 is 10.1 Å². The van der Waals surface area contributed by atoms with Crippen LogP contribution in [-0.4, -0.2) is 24.6 Å². The number of carbonyl (C=O) groups is 1. The van der Waals surface area contributed by atoms with Crippen molar-refractivity contribution in [1.29, 1.82) is 0 Å². The summed E-state index contributed by atoms with van der Waals surface area (Å²) >= 11 is 3.38. The zero-order valence-corrected chi connectivity index (χ0v) is 11.0. The van der Waals surface area contributed by atoms with Gasteiger partial charge in [0.05, 0.1) is 20.2 Å². The summed E-state index contributed by atoms with van der Waals surface area (Å²) < 4.78 is 6.05. The average Bonchev–Trinajstić information content (AvgIpc) is 2.35. The quantitative estimate of drug-likeness (QED) is 0.931. The predicted octanol–water partition coefficient (Wildman–Crippen LogP) is 2.46. The van der Waals surface area contributed by atoms with Gasteiger partial charge in [-0.3, -0.25) is 4.90 Å². The predicted molar refractivity (Wildman–Crippen MR) is 68.9 cm³/mol. The van der Waals surface area contributed by atoms with Gasteiger partial charge in [-0.25, -0.2) is 4.79 Å². The Morgan fingerprint density at radius 1 is 1.41 bits per heavy atom. The van der Waals surface area contributed by atoms with Crippen LogP contribution in [0, 0.1) is 0 Å². The Hall–Kier alpha value is -1.49. The summed E-state index contributed by atoms with van der Waals surface area (Å²) in [6.07, 6.45) is 1.81. The Bertz CT molecular complexity index is 442. The third-order valence-electron chi connectivity index (χ3n) is 2.48. The van der Waals surface area contributed by atoms with E-state index in [-0.39, 0.29) is 6.03 Å². The van der Waals surface area contributed by atoms with Crippen LogP contribution in [0.3, 0.4) is 0 Å². The summed E-state index contributed by atoms with van der Waals surface area (Å²) in [5.74, 6) is 0.813. The second-order valence-electron chi connectivity index (χ2n) is 3.71. The number of hydrogen-bond donors (Lipinski definition) is 1. The zero-order valence-electron chi connectivity index (χ0n) is 9.44. The summed E-state index contributed by atoms with van der Waals surface area (Å²) in [7, 11) is 1.63. The highest BCUT2D eigenvalue weighted by Gasteiger charge is 2.16. The lowest BCUT2D eigenvalue weighted by Gasteiger charge is -2.24. The van der Waals surface area contributed by atoms with Crippen molar-refractivity contribution in [1.82, 2.24) is 10.2 Å². The molecule has 0 spiro atoms. The molecule has 1 heterocycles. The van der Waals surface area contributed by atoms with Gasteiger partial charge >= 0.3 is 6.03 Å². The molecule has 0 aromatic heterocycles. The van der Waals surface area contributed by atoms with Crippen molar-refractivity contribution in [3.63, 3.8) is 0 Å². The molecule has 1 N–H and O–H groups in total. The first-order chi connectivity index (χ1) is 8.19. The standard InChI is InChI=1S/C12H13BrN2O2/c1-17-11-4-2-9(3-5-11)7-15-8-10(13)6-14-12(15)16/h2-5,8H,6-7H2,1H3,(H,14,16). The topological polar surface area (TPSA) is 41.6 Å². The summed E-state index contributed by atoms with van der Waals surface area (Å²) in [5.41, 5.74) is 1.06. The lowest BCUT2D eigenvalue weighted by molar-refractivity contribution is 0.212. The van der Waals surface area contributed by atoms with E-state index in [2.05, 4.69) is 21.2 Å². The molecular formula is C12H13BrN2O2. The summed E-state index contributed by atoms with van der Waals surface area (Å²) in [5, 5.41) is 2.77. The molecule has 2 rings (SSSR count). The number of nitrogens with one attached hydrogen (secondary N) is 1. The fourth-order valence-electron chi connectivity index (χ4n) is 1.58. The van der Waals surface area contributed by atoms with Crippen LogP contribution >= 0.6 is 15.9 Å². The number of halogens is 1. The third kappa shape index (κ3) is 3.00. The van der Waals surface area contributed by atoms with Gasteiger partial charge in [0.1, 0.15) is 5.75 Å². The first kappa shape index (κ1) is 12.0.